The van der Waals surface area contributed by atoms with E-state index in [-0.39, 0.29) is 109 Å². The van der Waals surface area contributed by atoms with E-state index in [4.69, 9.17) is 29.2 Å². The Kier molecular flexibility index (Phi) is 37.7. The van der Waals surface area contributed by atoms with Gasteiger partial charge in [-0.3, -0.25) is 66.9 Å². The lowest BCUT2D eigenvalue weighted by Crippen LogP contribution is -2.64. The number of aliphatic hydroxyl groups is 2. The molecule has 0 aromatic carbocycles. The van der Waals surface area contributed by atoms with Crippen LogP contribution in [0.2, 0.25) is 0 Å². The summed E-state index contributed by atoms with van der Waals surface area (Å²) in [4.78, 5) is 165. The number of carboxylic acids is 2. The maximum atomic E-state index is 13.7. The van der Waals surface area contributed by atoms with Crippen LogP contribution in [-0.2, 0) is 109 Å². The first-order chi connectivity index (χ1) is 45.0. The highest BCUT2D eigenvalue weighted by Gasteiger charge is 2.46. The summed E-state index contributed by atoms with van der Waals surface area (Å²) in [7, 11) is -4.91. The average Bonchev–Trinajstić information content (AvgIpc) is 2.48. The molecule has 1 aliphatic heterocycles. The van der Waals surface area contributed by atoms with E-state index in [2.05, 4.69) is 67.7 Å². The summed E-state index contributed by atoms with van der Waals surface area (Å²) in [6.07, 6.45) is -6.37. The third-order valence-corrected chi connectivity index (χ3v) is 14.7. The van der Waals surface area contributed by atoms with E-state index >= 15 is 0 Å². The van der Waals surface area contributed by atoms with Crippen molar-refractivity contribution in [3.63, 3.8) is 0 Å². The van der Waals surface area contributed by atoms with Gasteiger partial charge >= 0.3 is 22.3 Å². The predicted molar refractivity (Wildman–Crippen MR) is 329 cm³/mol. The minimum Gasteiger partial charge on any atom is -0.481 e. The van der Waals surface area contributed by atoms with E-state index in [1.807, 2.05) is 0 Å². The number of unbranched alkanes of at least 4 members (excludes halogenated alkanes) is 1. The number of carbonyl (C=O) groups is 13. The van der Waals surface area contributed by atoms with Crippen molar-refractivity contribution in [2.75, 3.05) is 52.7 Å². The van der Waals surface area contributed by atoms with Crippen molar-refractivity contribution in [1.29, 1.82) is 0 Å². The second-order valence-corrected chi connectivity index (χ2v) is 24.0. The van der Waals surface area contributed by atoms with E-state index in [1.165, 1.54) is 18.5 Å². The Morgan fingerprint density at radius 1 is 0.635 bits per heavy atom. The van der Waals surface area contributed by atoms with Crippen LogP contribution in [0.4, 0.5) is 0 Å². The van der Waals surface area contributed by atoms with Crippen molar-refractivity contribution in [1.82, 2.24) is 68.2 Å². The molecular weight excluding hydrogens is 1300 g/mol. The number of primary amides is 1. The molecule has 2 heterocycles. The number of hydrogen-bond donors (Lipinski definition) is 16. The Morgan fingerprint density at radius 3 is 1.74 bits per heavy atom. The highest BCUT2D eigenvalue weighted by Crippen LogP contribution is 2.23. The number of aryl methyl sites for hydroxylation is 1. The third-order valence-electron chi connectivity index (χ3n) is 14.2. The Hall–Kier alpha value is -8.12. The summed E-state index contributed by atoms with van der Waals surface area (Å²) in [6, 6.07) is -10.8. The molecule has 544 valence electrons. The van der Waals surface area contributed by atoms with Crippen LogP contribution in [0.3, 0.4) is 0 Å². The number of ether oxygens (including phenoxy) is 4. The van der Waals surface area contributed by atoms with Crippen LogP contribution < -0.4 is 58.9 Å². The maximum absolute atomic E-state index is 13.7. The monoisotopic (exact) mass is 1390 g/mol. The normalized spacial score (nSPS) is 18.4. The van der Waals surface area contributed by atoms with Gasteiger partial charge in [0.2, 0.25) is 65.0 Å². The molecule has 1 aromatic heterocycles. The molecule has 1 saturated heterocycles. The van der Waals surface area contributed by atoms with Crippen molar-refractivity contribution >= 4 is 87.3 Å². The van der Waals surface area contributed by atoms with Gasteiger partial charge in [0.1, 0.15) is 73.3 Å². The summed E-state index contributed by atoms with van der Waals surface area (Å²) in [5.41, 5.74) is 6.02. The smallest absolute Gasteiger partial charge is 0.397 e. The summed E-state index contributed by atoms with van der Waals surface area (Å²) in [6.45, 7) is 11.2. The molecule has 96 heavy (non-hydrogen) atoms. The number of aromatic nitrogens is 3. The van der Waals surface area contributed by atoms with Gasteiger partial charge in [0.15, 0.2) is 6.29 Å². The van der Waals surface area contributed by atoms with E-state index in [1.54, 1.807) is 40.8 Å². The molecule has 11 amide bonds. The SMILES string of the molecule is CCC(=O)N[C@H](C(=O)N[C@H](C(=O)N[C@@H](C)C(=O)N[C@@H](C)C(=O)N[C@@H](CCC(=O)O)C(=O)N[C@@H](CCC(=O)O)C(=O)N[C@@H](CCCCNC(=O)COCCOCCNC(=O)CCc1cn(CCO[C@@H]2OC(COS(=O)(=O)O)[C@@H](O)[C@H](O)C2NC(C)=O)nn1)C(N)=O)C(C)C)C(C)C. The number of rotatable bonds is 47. The minimum absolute atomic E-state index is 0.0198. The van der Waals surface area contributed by atoms with Gasteiger partial charge in [0.05, 0.1) is 45.3 Å². The first-order valence-corrected chi connectivity index (χ1v) is 32.3. The average molecular weight is 1400 g/mol. The summed E-state index contributed by atoms with van der Waals surface area (Å²) in [5.74, 6) is -11.8. The number of nitrogens with zero attached hydrogens (tertiary/aromatic N) is 3. The van der Waals surface area contributed by atoms with Crippen LogP contribution in [0.5, 0.6) is 0 Å². The van der Waals surface area contributed by atoms with Crippen LogP contribution in [-0.4, -0.2) is 251 Å². The number of carbonyl (C=O) groups excluding carboxylic acids is 11. The minimum atomic E-state index is -4.91. The van der Waals surface area contributed by atoms with Crippen LogP contribution in [0, 0.1) is 11.8 Å². The van der Waals surface area contributed by atoms with Crippen molar-refractivity contribution in [3.8, 4) is 0 Å². The molecule has 0 radical (unpaired) electrons. The molecule has 1 aromatic rings. The highest BCUT2D eigenvalue weighted by atomic mass is 32.3. The van der Waals surface area contributed by atoms with E-state index < -0.39 is 187 Å². The Labute approximate surface area is 553 Å². The standard InChI is InChI=1S/C56H94N14O25S/c1-9-39(72)66-44(29(2)3)55(87)67-45(30(4)5)54(86)61-31(6)50(82)60-32(7)51(83)64-36(14-17-42(75)76)53(85)65-37(15-18-43(77)78)52(84)63-35(49(57)81)12-10-11-19-58-41(74)28-92-25-24-91-22-20-59-40(73)16-13-34-26-70(69-68-34)21-23-93-56-46(62-33(8)71)48(80)47(79)38(95-56)27-94-96(88,89)90/h26,29-32,35-38,44-48,56,79-80H,9-25,27-28H2,1-8H3,(H2,57,81)(H,58,74)(H,59,73)(H,60,82)(H,61,86)(H,62,71)(H,63,84)(H,64,83)(H,65,85)(H,66,72)(H,67,87)(H,75,76)(H,77,78)(H,88,89,90)/t31-,32-,35-,36-,37-,38?,44-,45-,46?,47+,48+,56+/m0/s1. The van der Waals surface area contributed by atoms with Crippen LogP contribution >= 0.6 is 0 Å². The van der Waals surface area contributed by atoms with Crippen molar-refractivity contribution < 1.29 is 119 Å². The molecule has 0 bridgehead atoms. The second-order valence-electron chi connectivity index (χ2n) is 23.0. The maximum Gasteiger partial charge on any atom is 0.397 e. The van der Waals surface area contributed by atoms with E-state index in [0.29, 0.717) is 5.69 Å². The molecule has 2 rings (SSSR count). The molecule has 1 fully saturated rings. The summed E-state index contributed by atoms with van der Waals surface area (Å²) in [5, 5.41) is 72.5. The fourth-order valence-corrected chi connectivity index (χ4v) is 9.17. The lowest BCUT2D eigenvalue weighted by molar-refractivity contribution is -0.269. The number of nitrogens with two attached hydrogens (primary N) is 1. The molecule has 0 saturated carbocycles. The number of hydrogen-bond acceptors (Lipinski definition) is 24. The van der Waals surface area contributed by atoms with Gasteiger partial charge in [-0.1, -0.05) is 39.8 Å². The molecule has 0 spiro atoms. The van der Waals surface area contributed by atoms with Gasteiger partial charge < -0.3 is 98.3 Å². The number of carboxylic acid groups (broad SMARTS) is 2. The number of aliphatic carboxylic acids is 2. The van der Waals surface area contributed by atoms with Crippen molar-refractivity contribution in [2.45, 2.75) is 199 Å². The molecular formula is C56H94N14O25S. The Balaban J connectivity index is 1.79. The molecule has 39 nitrogen and oxygen atoms in total. The molecule has 40 heteroatoms. The van der Waals surface area contributed by atoms with Gasteiger partial charge in [-0.15, -0.1) is 5.10 Å². The molecule has 17 N–H and O–H groups in total. The first kappa shape index (κ1) is 84.0. The zero-order valence-electron chi connectivity index (χ0n) is 54.8. The van der Waals surface area contributed by atoms with Crippen LogP contribution in [0.1, 0.15) is 119 Å². The van der Waals surface area contributed by atoms with Gasteiger partial charge in [-0.25, -0.2) is 8.86 Å². The second kappa shape index (κ2) is 43.1. The largest absolute Gasteiger partial charge is 0.481 e. The van der Waals surface area contributed by atoms with Crippen molar-refractivity contribution in [3.05, 3.63) is 11.9 Å². The topological polar surface area (TPSA) is 580 Å². The fourth-order valence-electron chi connectivity index (χ4n) is 8.87. The van der Waals surface area contributed by atoms with Crippen LogP contribution in [0.25, 0.3) is 0 Å². The summed E-state index contributed by atoms with van der Waals surface area (Å²) >= 11 is 0. The fraction of sp³-hybridized carbons (Fsp3) is 0.732. The van der Waals surface area contributed by atoms with Gasteiger partial charge in [-0.2, -0.15) is 8.42 Å². The van der Waals surface area contributed by atoms with Gasteiger partial charge in [0.25, 0.3) is 0 Å². The predicted octanol–water partition coefficient (Wildman–Crippen LogP) is -6.20. The quantitative estimate of drug-likeness (QED) is 0.0213. The van der Waals surface area contributed by atoms with E-state index in [9.17, 15) is 91.2 Å². The number of amides is 11. The highest BCUT2D eigenvalue weighted by molar-refractivity contribution is 7.80. The van der Waals surface area contributed by atoms with Gasteiger partial charge in [0, 0.05) is 58.3 Å². The Bertz CT molecular complexity index is 2880. The van der Waals surface area contributed by atoms with Gasteiger partial charge in [-0.05, 0) is 57.8 Å². The zero-order chi connectivity index (χ0) is 72.4. The lowest BCUT2D eigenvalue weighted by Gasteiger charge is -2.42. The molecule has 0 aliphatic carbocycles. The Morgan fingerprint density at radius 2 is 1.18 bits per heavy atom. The van der Waals surface area contributed by atoms with Crippen molar-refractivity contribution in [2.24, 2.45) is 17.6 Å². The third kappa shape index (κ3) is 33.0. The lowest BCUT2D eigenvalue weighted by atomic mass is 9.97. The molecule has 12 atom stereocenters. The molecule has 1 aliphatic rings. The van der Waals surface area contributed by atoms with E-state index in [0.717, 1.165) is 6.92 Å². The first-order valence-electron chi connectivity index (χ1n) is 31.0. The summed E-state index contributed by atoms with van der Waals surface area (Å²) < 4.78 is 58.5. The van der Waals surface area contributed by atoms with Crippen LogP contribution in [0.15, 0.2) is 6.20 Å². The molecule has 2 unspecified atom stereocenters. The number of nitrogens with one attached hydrogen (secondary N) is 10. The number of aliphatic hydroxyl groups excluding tert-OH is 2. The zero-order valence-corrected chi connectivity index (χ0v) is 55.6.